The molecule has 0 saturated heterocycles. The summed E-state index contributed by atoms with van der Waals surface area (Å²) in [4.78, 5) is 12.5. The highest BCUT2D eigenvalue weighted by molar-refractivity contribution is 6.31. The number of carbonyl (C=O) groups is 1. The Bertz CT molecular complexity index is 723. The lowest BCUT2D eigenvalue weighted by molar-refractivity contribution is -0.141. The van der Waals surface area contributed by atoms with Gasteiger partial charge in [0.2, 0.25) is 5.91 Å². The number of hydrogen-bond acceptors (Lipinski definition) is 2. The Morgan fingerprint density at radius 3 is 2.29 bits per heavy atom. The summed E-state index contributed by atoms with van der Waals surface area (Å²) in [6, 6.07) is 0. The predicted molar refractivity (Wildman–Crippen MR) is 99.8 cm³/mol. The van der Waals surface area contributed by atoms with Crippen LogP contribution in [0.4, 0.5) is 13.2 Å². The number of halogens is 4. The molecule has 1 N–H and O–H groups in total. The van der Waals surface area contributed by atoms with Gasteiger partial charge in [0, 0.05) is 19.5 Å². The quantitative estimate of drug-likeness (QED) is 0.664. The van der Waals surface area contributed by atoms with Crippen molar-refractivity contribution in [3.8, 4) is 0 Å². The number of nitrogens with zero attached hydrogens (tertiary/aromatic N) is 2. The number of aromatic nitrogens is 2. The lowest BCUT2D eigenvalue weighted by Gasteiger charge is -2.56. The third-order valence-electron chi connectivity index (χ3n) is 6.97. The minimum Gasteiger partial charge on any atom is -0.356 e. The smallest absolute Gasteiger partial charge is 0.356 e. The number of aryl methyl sites for hydroxylation is 1. The minimum atomic E-state index is -4.56. The fraction of sp³-hybridized carbons (Fsp3) is 0.800. The number of carbonyl (C=O) groups excluding carboxylic acids is 1. The Morgan fingerprint density at radius 2 is 1.79 bits per heavy atom. The second-order valence-corrected chi connectivity index (χ2v) is 9.64. The molecule has 4 nitrogen and oxygen atoms in total. The lowest BCUT2D eigenvalue weighted by Crippen LogP contribution is -2.48. The summed E-state index contributed by atoms with van der Waals surface area (Å²) in [5.74, 6) is 2.52. The number of amides is 1. The van der Waals surface area contributed by atoms with Crippen molar-refractivity contribution < 1.29 is 18.0 Å². The zero-order valence-corrected chi connectivity index (χ0v) is 16.9. The van der Waals surface area contributed by atoms with E-state index in [0.717, 1.165) is 17.8 Å². The van der Waals surface area contributed by atoms with Crippen LogP contribution in [0.1, 0.15) is 62.8 Å². The Hall–Kier alpha value is -1.24. The van der Waals surface area contributed by atoms with Gasteiger partial charge in [-0.05, 0) is 75.0 Å². The molecule has 4 saturated carbocycles. The van der Waals surface area contributed by atoms with Crippen molar-refractivity contribution in [1.29, 1.82) is 0 Å². The summed E-state index contributed by atoms with van der Waals surface area (Å²) >= 11 is 5.76. The molecule has 0 aliphatic heterocycles. The van der Waals surface area contributed by atoms with Crippen LogP contribution in [0.15, 0.2) is 0 Å². The Kier molecular flexibility index (Phi) is 5.17. The van der Waals surface area contributed by atoms with Gasteiger partial charge in [-0.1, -0.05) is 11.6 Å². The molecular formula is C20H27ClF3N3O. The van der Waals surface area contributed by atoms with Gasteiger partial charge in [0.1, 0.15) is 0 Å². The van der Waals surface area contributed by atoms with E-state index in [9.17, 15) is 18.0 Å². The third kappa shape index (κ3) is 3.91. The first-order valence-electron chi connectivity index (χ1n) is 10.2. The molecule has 8 heteroatoms. The van der Waals surface area contributed by atoms with Crippen LogP contribution in [-0.4, -0.2) is 22.2 Å². The summed E-state index contributed by atoms with van der Waals surface area (Å²) in [5, 5.41) is 6.21. The van der Waals surface area contributed by atoms with Gasteiger partial charge < -0.3 is 5.32 Å². The first-order valence-corrected chi connectivity index (χ1v) is 10.6. The van der Waals surface area contributed by atoms with Gasteiger partial charge in [0.25, 0.3) is 0 Å². The van der Waals surface area contributed by atoms with Crippen LogP contribution in [0.2, 0.25) is 5.02 Å². The van der Waals surface area contributed by atoms with Crippen LogP contribution in [-0.2, 0) is 17.5 Å². The molecule has 0 atom stereocenters. The highest BCUT2D eigenvalue weighted by Gasteiger charge is 2.51. The van der Waals surface area contributed by atoms with Crippen LogP contribution in [0, 0.1) is 30.1 Å². The van der Waals surface area contributed by atoms with Crippen molar-refractivity contribution in [2.24, 2.45) is 23.2 Å². The first-order chi connectivity index (χ1) is 13.2. The van der Waals surface area contributed by atoms with Crippen molar-refractivity contribution in [2.45, 2.75) is 71.0 Å². The molecule has 1 amide bonds. The molecule has 5 rings (SSSR count). The van der Waals surface area contributed by atoms with E-state index in [0.29, 0.717) is 31.6 Å². The summed E-state index contributed by atoms with van der Waals surface area (Å²) in [7, 11) is 0. The molecule has 0 aromatic carbocycles. The number of rotatable bonds is 6. The first kappa shape index (κ1) is 20.0. The van der Waals surface area contributed by atoms with E-state index >= 15 is 0 Å². The van der Waals surface area contributed by atoms with Gasteiger partial charge in [-0.2, -0.15) is 18.3 Å². The second kappa shape index (κ2) is 7.22. The largest absolute Gasteiger partial charge is 0.436 e. The maximum Gasteiger partial charge on any atom is 0.436 e. The van der Waals surface area contributed by atoms with Crippen LogP contribution in [0.3, 0.4) is 0 Å². The Balaban J connectivity index is 1.26. The fourth-order valence-corrected chi connectivity index (χ4v) is 6.53. The SMILES string of the molecule is Cc1c(Cl)c(C(F)(F)F)nn1CCCNC(=O)CC12CC3CC(CC(C3)C1)C2. The van der Waals surface area contributed by atoms with Gasteiger partial charge in [0.15, 0.2) is 5.69 Å². The van der Waals surface area contributed by atoms with E-state index in [2.05, 4.69) is 10.4 Å². The van der Waals surface area contributed by atoms with Gasteiger partial charge in [0.05, 0.1) is 10.7 Å². The topological polar surface area (TPSA) is 46.9 Å². The van der Waals surface area contributed by atoms with Crippen molar-refractivity contribution in [2.75, 3.05) is 6.54 Å². The molecule has 1 aromatic heterocycles. The van der Waals surface area contributed by atoms with E-state index in [1.54, 1.807) is 0 Å². The molecule has 156 valence electrons. The van der Waals surface area contributed by atoms with Crippen LogP contribution in [0.5, 0.6) is 0 Å². The summed E-state index contributed by atoms with van der Waals surface area (Å²) in [6.45, 7) is 2.25. The minimum absolute atomic E-state index is 0.0770. The number of alkyl halides is 3. The number of nitrogens with one attached hydrogen (secondary N) is 1. The molecule has 0 spiro atoms. The fourth-order valence-electron chi connectivity index (χ4n) is 6.29. The standard InChI is InChI=1S/C20H27ClF3N3O/c1-12-17(21)18(20(22,23)24)26-27(12)4-2-3-25-16(28)11-19-8-13-5-14(9-19)7-15(6-13)10-19/h13-15H,2-11H2,1H3,(H,25,28). The Labute approximate surface area is 168 Å². The van der Waals surface area contributed by atoms with Crippen molar-refractivity contribution in [3.63, 3.8) is 0 Å². The van der Waals surface area contributed by atoms with Crippen molar-refractivity contribution in [1.82, 2.24) is 15.1 Å². The molecule has 4 aliphatic rings. The molecule has 0 radical (unpaired) electrons. The number of hydrogen-bond donors (Lipinski definition) is 1. The lowest BCUT2D eigenvalue weighted by atomic mass is 9.49. The maximum atomic E-state index is 12.9. The molecule has 0 unspecified atom stereocenters. The molecule has 4 bridgehead atoms. The highest BCUT2D eigenvalue weighted by Crippen LogP contribution is 2.61. The molecule has 1 aromatic rings. The molecule has 4 aliphatic carbocycles. The average Bonchev–Trinajstić information content (AvgIpc) is 2.85. The predicted octanol–water partition coefficient (Wildman–Crippen LogP) is 4.98. The molecular weight excluding hydrogens is 391 g/mol. The van der Waals surface area contributed by atoms with Crippen LogP contribution < -0.4 is 5.32 Å². The zero-order valence-electron chi connectivity index (χ0n) is 16.1. The summed E-state index contributed by atoms with van der Waals surface area (Å²) in [5.41, 5.74) is -0.543. The third-order valence-corrected chi connectivity index (χ3v) is 7.42. The van der Waals surface area contributed by atoms with Gasteiger partial charge >= 0.3 is 6.18 Å². The molecule has 4 fully saturated rings. The zero-order chi connectivity index (χ0) is 20.1. The van der Waals surface area contributed by atoms with Crippen molar-refractivity contribution >= 4 is 17.5 Å². The van der Waals surface area contributed by atoms with Crippen LogP contribution >= 0.6 is 11.6 Å². The average molecular weight is 418 g/mol. The van der Waals surface area contributed by atoms with E-state index in [4.69, 9.17) is 11.6 Å². The van der Waals surface area contributed by atoms with Crippen molar-refractivity contribution in [3.05, 3.63) is 16.4 Å². The monoisotopic (exact) mass is 417 g/mol. The maximum absolute atomic E-state index is 12.9. The highest BCUT2D eigenvalue weighted by atomic mass is 35.5. The normalized spacial score (nSPS) is 31.4. The van der Waals surface area contributed by atoms with E-state index in [-0.39, 0.29) is 16.3 Å². The van der Waals surface area contributed by atoms with Gasteiger partial charge in [-0.15, -0.1) is 0 Å². The summed E-state index contributed by atoms with van der Waals surface area (Å²) in [6.07, 6.45) is 4.20. The van der Waals surface area contributed by atoms with Crippen LogP contribution in [0.25, 0.3) is 0 Å². The Morgan fingerprint density at radius 1 is 1.21 bits per heavy atom. The summed E-state index contributed by atoms with van der Waals surface area (Å²) < 4.78 is 39.9. The van der Waals surface area contributed by atoms with Gasteiger partial charge in [-0.3, -0.25) is 9.48 Å². The van der Waals surface area contributed by atoms with E-state index in [1.165, 1.54) is 50.1 Å². The van der Waals surface area contributed by atoms with Gasteiger partial charge in [-0.25, -0.2) is 0 Å². The second-order valence-electron chi connectivity index (χ2n) is 9.27. The van der Waals surface area contributed by atoms with E-state index in [1.807, 2.05) is 0 Å². The molecule has 1 heterocycles. The van der Waals surface area contributed by atoms with E-state index < -0.39 is 11.9 Å². The molecule has 28 heavy (non-hydrogen) atoms.